The molecule has 6 aromatic rings. The summed E-state index contributed by atoms with van der Waals surface area (Å²) in [5.74, 6) is -1.84. The zero-order valence-electron chi connectivity index (χ0n) is 28.0. The molecule has 0 saturated carbocycles. The van der Waals surface area contributed by atoms with E-state index in [1.807, 2.05) is 12.1 Å². The second-order valence-electron chi connectivity index (χ2n) is 12.6. The summed E-state index contributed by atoms with van der Waals surface area (Å²) >= 11 is 0. The van der Waals surface area contributed by atoms with Gasteiger partial charge < -0.3 is 50.3 Å². The van der Waals surface area contributed by atoms with Gasteiger partial charge in [-0.05, 0) is 145 Å². The molecule has 0 fully saturated rings. The highest BCUT2D eigenvalue weighted by Gasteiger charge is 2.19. The van der Waals surface area contributed by atoms with Crippen LogP contribution in [0, 0.1) is 0 Å². The molecule has 10 heteroatoms. The number of rotatable bonds is 13. The van der Waals surface area contributed by atoms with Gasteiger partial charge >= 0.3 is 0 Å². The van der Waals surface area contributed by atoms with E-state index < -0.39 is 23.0 Å². The lowest BCUT2D eigenvalue weighted by Gasteiger charge is -2.17. The van der Waals surface area contributed by atoms with Crippen molar-refractivity contribution >= 4 is 0 Å². The number of phenols is 8. The molecule has 0 spiro atoms. The van der Waals surface area contributed by atoms with E-state index in [4.69, 9.17) is 9.47 Å². The van der Waals surface area contributed by atoms with Gasteiger partial charge in [-0.1, -0.05) is 36.4 Å². The van der Waals surface area contributed by atoms with Crippen LogP contribution in [-0.2, 0) is 38.5 Å². The van der Waals surface area contributed by atoms with Crippen LogP contribution >= 0.6 is 0 Å². The third kappa shape index (κ3) is 8.72. The molecule has 8 N–H and O–H groups in total. The van der Waals surface area contributed by atoms with Gasteiger partial charge in [0.25, 0.3) is 0 Å². The molecule has 0 aromatic heterocycles. The fourth-order valence-corrected chi connectivity index (χ4v) is 5.86. The highest BCUT2D eigenvalue weighted by molar-refractivity contribution is 5.58. The van der Waals surface area contributed by atoms with Gasteiger partial charge in [0, 0.05) is 0 Å². The molecule has 6 aromatic carbocycles. The normalized spacial score (nSPS) is 11.0. The van der Waals surface area contributed by atoms with E-state index in [0.29, 0.717) is 49.7 Å². The first kappa shape index (κ1) is 35.2. The van der Waals surface area contributed by atoms with Crippen molar-refractivity contribution in [2.75, 3.05) is 0 Å². The molecule has 10 nitrogen and oxygen atoms in total. The van der Waals surface area contributed by atoms with E-state index in [1.54, 1.807) is 72.8 Å². The van der Waals surface area contributed by atoms with Crippen molar-refractivity contribution in [3.05, 3.63) is 143 Å². The van der Waals surface area contributed by atoms with Crippen molar-refractivity contribution in [2.45, 2.75) is 38.5 Å². The van der Waals surface area contributed by atoms with Gasteiger partial charge in [-0.15, -0.1) is 0 Å². The molecule has 0 aliphatic carbocycles. The summed E-state index contributed by atoms with van der Waals surface area (Å²) in [5, 5.41) is 82.3. The third-order valence-corrected chi connectivity index (χ3v) is 8.65. The lowest BCUT2D eigenvalue weighted by Crippen LogP contribution is -1.97. The average molecular weight is 703 g/mol. The topological polar surface area (TPSA) is 180 Å². The Bertz CT molecular complexity index is 2070. The number of ether oxygens (including phenoxy) is 2. The molecule has 0 atom stereocenters. The van der Waals surface area contributed by atoms with Crippen LogP contribution in [0.3, 0.4) is 0 Å². The first-order valence-corrected chi connectivity index (χ1v) is 16.7. The molecule has 0 aliphatic heterocycles. The molecule has 0 amide bonds. The van der Waals surface area contributed by atoms with E-state index in [-0.39, 0.29) is 46.0 Å². The van der Waals surface area contributed by atoms with E-state index in [2.05, 4.69) is 0 Å². The van der Waals surface area contributed by atoms with Crippen LogP contribution in [0.2, 0.25) is 0 Å². The second-order valence-corrected chi connectivity index (χ2v) is 12.6. The quantitative estimate of drug-likeness (QED) is 0.0546. The maximum atomic E-state index is 11.4. The summed E-state index contributed by atoms with van der Waals surface area (Å²) < 4.78 is 12.2. The SMILES string of the molecule is Oc1cccc(CCc2ccc(O)c(Oc3cc(CCc4cc(O)c(O)c(O)c4)cc(Oc4cc(CCc5cccc(O)c5)ccc4O)c3O)c2)c1. The molecule has 0 heterocycles. The lowest BCUT2D eigenvalue weighted by atomic mass is 10.0. The van der Waals surface area contributed by atoms with Crippen LogP contribution in [0.4, 0.5) is 0 Å². The third-order valence-electron chi connectivity index (χ3n) is 8.65. The fraction of sp³-hybridized carbons (Fsp3) is 0.143. The minimum absolute atomic E-state index is 0.0381. The molecule has 0 radical (unpaired) electrons. The predicted molar refractivity (Wildman–Crippen MR) is 194 cm³/mol. The molecule has 52 heavy (non-hydrogen) atoms. The Morgan fingerprint density at radius 2 is 0.673 bits per heavy atom. The molecule has 0 saturated heterocycles. The first-order valence-electron chi connectivity index (χ1n) is 16.7. The van der Waals surface area contributed by atoms with Gasteiger partial charge in [0.2, 0.25) is 5.75 Å². The summed E-state index contributed by atoms with van der Waals surface area (Å²) in [6.45, 7) is 0. The molecule has 266 valence electrons. The van der Waals surface area contributed by atoms with Gasteiger partial charge in [-0.3, -0.25) is 0 Å². The molecular weight excluding hydrogens is 664 g/mol. The highest BCUT2D eigenvalue weighted by atomic mass is 16.5. The Balaban J connectivity index is 1.29. The fourth-order valence-electron chi connectivity index (χ4n) is 5.86. The number of benzene rings is 6. The second kappa shape index (κ2) is 15.5. The summed E-state index contributed by atoms with van der Waals surface area (Å²) in [5.41, 5.74) is 4.67. The number of hydrogen-bond acceptors (Lipinski definition) is 10. The maximum absolute atomic E-state index is 11.4. The molecule has 0 unspecified atom stereocenters. The minimum atomic E-state index is -0.618. The van der Waals surface area contributed by atoms with Gasteiger partial charge in [-0.2, -0.15) is 0 Å². The van der Waals surface area contributed by atoms with Crippen molar-refractivity contribution in [1.82, 2.24) is 0 Å². The molecular formula is C42H38O10. The summed E-state index contributed by atoms with van der Waals surface area (Å²) in [6.07, 6.45) is 3.01. The van der Waals surface area contributed by atoms with Gasteiger partial charge in [0.15, 0.2) is 51.7 Å². The van der Waals surface area contributed by atoms with Crippen LogP contribution < -0.4 is 9.47 Å². The number of phenolic OH excluding ortho intramolecular Hbond substituents is 8. The van der Waals surface area contributed by atoms with Crippen LogP contribution in [0.5, 0.6) is 69.0 Å². The number of aryl methyl sites for hydroxylation is 6. The summed E-state index contributed by atoms with van der Waals surface area (Å²) in [4.78, 5) is 0. The molecule has 0 bridgehead atoms. The largest absolute Gasteiger partial charge is 0.508 e. The molecule has 6 rings (SSSR count). The Morgan fingerprint density at radius 3 is 1.10 bits per heavy atom. The van der Waals surface area contributed by atoms with E-state index in [9.17, 15) is 40.9 Å². The van der Waals surface area contributed by atoms with Crippen molar-refractivity contribution in [1.29, 1.82) is 0 Å². The number of hydrogen-bond donors (Lipinski definition) is 8. The van der Waals surface area contributed by atoms with Crippen LogP contribution in [0.15, 0.2) is 109 Å². The van der Waals surface area contributed by atoms with Crippen molar-refractivity contribution in [2.24, 2.45) is 0 Å². The van der Waals surface area contributed by atoms with Gasteiger partial charge in [-0.25, -0.2) is 0 Å². The minimum Gasteiger partial charge on any atom is -0.508 e. The van der Waals surface area contributed by atoms with E-state index in [0.717, 1.165) is 22.3 Å². The van der Waals surface area contributed by atoms with Gasteiger partial charge in [0.05, 0.1) is 0 Å². The van der Waals surface area contributed by atoms with Crippen LogP contribution in [0.25, 0.3) is 0 Å². The Morgan fingerprint density at radius 1 is 0.308 bits per heavy atom. The maximum Gasteiger partial charge on any atom is 0.202 e. The summed E-state index contributed by atoms with van der Waals surface area (Å²) in [6, 6.07) is 29.6. The predicted octanol–water partition coefficient (Wildman–Crippen LogP) is 8.27. The zero-order valence-corrected chi connectivity index (χ0v) is 28.0. The Hall–Kier alpha value is -6.68. The van der Waals surface area contributed by atoms with Crippen molar-refractivity contribution < 1.29 is 50.3 Å². The van der Waals surface area contributed by atoms with E-state index in [1.165, 1.54) is 24.3 Å². The Labute approximate surface area is 299 Å². The monoisotopic (exact) mass is 702 g/mol. The molecule has 0 aliphatic rings. The van der Waals surface area contributed by atoms with Crippen LogP contribution in [-0.4, -0.2) is 40.9 Å². The van der Waals surface area contributed by atoms with Crippen molar-refractivity contribution in [3.8, 4) is 69.0 Å². The summed E-state index contributed by atoms with van der Waals surface area (Å²) in [7, 11) is 0. The standard InChI is InChI=1S/C42H38O10/c43-31-5-1-3-25(17-31)7-9-27-13-15-33(45)37(21-27)51-39-23-30(12-11-29-19-35(47)41(49)36(48)20-29)24-40(42(39)50)52-38-22-28(14-16-34(38)46)10-8-26-4-2-6-32(44)18-26/h1-6,13-24,43-50H,7-12H2. The van der Waals surface area contributed by atoms with Crippen LogP contribution in [0.1, 0.15) is 33.4 Å². The van der Waals surface area contributed by atoms with E-state index >= 15 is 0 Å². The highest BCUT2D eigenvalue weighted by Crippen LogP contribution is 2.45. The van der Waals surface area contributed by atoms with Crippen molar-refractivity contribution in [3.63, 3.8) is 0 Å². The zero-order chi connectivity index (χ0) is 36.8. The number of aromatic hydroxyl groups is 8. The lowest BCUT2D eigenvalue weighted by molar-refractivity contribution is 0.357. The van der Waals surface area contributed by atoms with Gasteiger partial charge in [0.1, 0.15) is 11.5 Å². The first-order chi connectivity index (χ1) is 25.0. The average Bonchev–Trinajstić information content (AvgIpc) is 3.12. The Kier molecular flexibility index (Phi) is 10.5. The smallest absolute Gasteiger partial charge is 0.202 e.